The summed E-state index contributed by atoms with van der Waals surface area (Å²) < 4.78 is 27.6. The maximum atomic E-state index is 14.1. The molecule has 0 spiro atoms. The van der Waals surface area contributed by atoms with Crippen LogP contribution in [0.25, 0.3) is 0 Å². The van der Waals surface area contributed by atoms with Gasteiger partial charge >= 0.3 is 5.97 Å². The first-order valence-electron chi connectivity index (χ1n) is 10.9. The van der Waals surface area contributed by atoms with Crippen molar-refractivity contribution in [2.45, 2.75) is 31.3 Å². The van der Waals surface area contributed by atoms with Crippen molar-refractivity contribution in [3.8, 4) is 0 Å². The summed E-state index contributed by atoms with van der Waals surface area (Å²) in [5.41, 5.74) is 2.76. The zero-order valence-corrected chi connectivity index (χ0v) is 18.2. The Morgan fingerprint density at radius 2 is 2.00 bits per heavy atom. The van der Waals surface area contributed by atoms with Gasteiger partial charge in [0.2, 0.25) is 0 Å². The van der Waals surface area contributed by atoms with E-state index in [1.165, 1.54) is 25.3 Å². The standard InChI is InChI=1S/C25H26F2N4O2/c1-15(25(32)33)19-11-16(7-8-20(19)27)9-10-28-23(17-5-3-2-4-6-17)22-14-29-21-12-18(26)13-30-24(21)31-22/h2-8,11-13,15,22-23,28-29H,9-10,14H2,1H3,(H,30,31)(H,32,33)/t15-,22+,23+/m0/s1. The van der Waals surface area contributed by atoms with E-state index in [0.717, 1.165) is 11.1 Å². The minimum atomic E-state index is -1.06. The molecule has 0 amide bonds. The maximum Gasteiger partial charge on any atom is 0.310 e. The van der Waals surface area contributed by atoms with Gasteiger partial charge in [0.05, 0.1) is 29.9 Å². The number of aliphatic carboxylic acids is 1. The zero-order valence-electron chi connectivity index (χ0n) is 18.2. The number of nitrogens with zero attached hydrogens (tertiary/aromatic N) is 1. The topological polar surface area (TPSA) is 86.3 Å². The second-order valence-corrected chi connectivity index (χ2v) is 8.19. The molecule has 8 heteroatoms. The third-order valence-electron chi connectivity index (χ3n) is 5.93. The normalized spacial score (nSPS) is 16.8. The van der Waals surface area contributed by atoms with E-state index in [1.54, 1.807) is 12.1 Å². The first-order chi connectivity index (χ1) is 15.9. The third-order valence-corrected chi connectivity index (χ3v) is 5.93. The van der Waals surface area contributed by atoms with Crippen LogP contribution in [0.3, 0.4) is 0 Å². The molecule has 1 aliphatic heterocycles. The van der Waals surface area contributed by atoms with Crippen LogP contribution in [0, 0.1) is 11.6 Å². The first-order valence-corrected chi connectivity index (χ1v) is 10.9. The van der Waals surface area contributed by atoms with Crippen molar-refractivity contribution in [2.24, 2.45) is 0 Å². The number of hydrogen-bond donors (Lipinski definition) is 4. The van der Waals surface area contributed by atoms with Crippen LogP contribution in [0.4, 0.5) is 20.3 Å². The predicted molar refractivity (Wildman–Crippen MR) is 123 cm³/mol. The van der Waals surface area contributed by atoms with Gasteiger partial charge in [-0.1, -0.05) is 42.5 Å². The van der Waals surface area contributed by atoms with E-state index >= 15 is 0 Å². The van der Waals surface area contributed by atoms with Gasteiger partial charge in [-0.05, 0) is 37.1 Å². The Bertz CT molecular complexity index is 1130. The van der Waals surface area contributed by atoms with Crippen molar-refractivity contribution < 1.29 is 18.7 Å². The summed E-state index contributed by atoms with van der Waals surface area (Å²) in [7, 11) is 0. The largest absolute Gasteiger partial charge is 0.481 e. The summed E-state index contributed by atoms with van der Waals surface area (Å²) in [5.74, 6) is -2.27. The number of hydrogen-bond acceptors (Lipinski definition) is 5. The Morgan fingerprint density at radius 3 is 2.76 bits per heavy atom. The quantitative estimate of drug-likeness (QED) is 0.407. The molecule has 0 saturated heterocycles. The van der Waals surface area contributed by atoms with Gasteiger partial charge < -0.3 is 21.1 Å². The van der Waals surface area contributed by atoms with Crippen LogP contribution >= 0.6 is 0 Å². The summed E-state index contributed by atoms with van der Waals surface area (Å²) in [6.07, 6.45) is 1.79. The number of carboxylic acid groups (broad SMARTS) is 1. The lowest BCUT2D eigenvalue weighted by molar-refractivity contribution is -0.138. The van der Waals surface area contributed by atoms with Crippen molar-refractivity contribution >= 4 is 17.5 Å². The number of halogens is 2. The molecule has 4 rings (SSSR count). The molecule has 1 aliphatic rings. The van der Waals surface area contributed by atoms with Crippen molar-refractivity contribution in [3.63, 3.8) is 0 Å². The molecule has 4 N–H and O–H groups in total. The molecule has 0 aliphatic carbocycles. The Morgan fingerprint density at radius 1 is 1.21 bits per heavy atom. The Kier molecular flexibility index (Phi) is 6.84. The highest BCUT2D eigenvalue weighted by molar-refractivity contribution is 5.75. The van der Waals surface area contributed by atoms with Crippen molar-refractivity contribution in [1.82, 2.24) is 10.3 Å². The second kappa shape index (κ2) is 9.95. The summed E-state index contributed by atoms with van der Waals surface area (Å²) in [6.45, 7) is 2.64. The molecular weight excluding hydrogens is 426 g/mol. The van der Waals surface area contributed by atoms with Crippen molar-refractivity contribution in [2.75, 3.05) is 23.7 Å². The van der Waals surface area contributed by atoms with Crippen LogP contribution in [-0.4, -0.2) is 35.2 Å². The van der Waals surface area contributed by atoms with Gasteiger partial charge in [0.15, 0.2) is 0 Å². The number of benzene rings is 2. The lowest BCUT2D eigenvalue weighted by atomic mass is 9.96. The van der Waals surface area contributed by atoms with Gasteiger partial charge in [0.1, 0.15) is 17.5 Å². The fourth-order valence-corrected chi connectivity index (χ4v) is 4.08. The molecular formula is C25H26F2N4O2. The predicted octanol–water partition coefficient (Wildman–Crippen LogP) is 4.33. The lowest BCUT2D eigenvalue weighted by Gasteiger charge is -2.34. The van der Waals surface area contributed by atoms with Crippen LogP contribution in [0.1, 0.15) is 35.6 Å². The molecule has 2 heterocycles. The summed E-state index contributed by atoms with van der Waals surface area (Å²) in [5, 5.41) is 19.4. The molecule has 2 aromatic carbocycles. The van der Waals surface area contributed by atoms with Gasteiger partial charge in [-0.3, -0.25) is 4.79 Å². The van der Waals surface area contributed by atoms with Crippen LogP contribution in [0.5, 0.6) is 0 Å². The van der Waals surface area contributed by atoms with Crippen LogP contribution in [0.2, 0.25) is 0 Å². The van der Waals surface area contributed by atoms with Crippen LogP contribution in [-0.2, 0) is 11.2 Å². The average Bonchev–Trinajstić information content (AvgIpc) is 2.82. The summed E-state index contributed by atoms with van der Waals surface area (Å²) >= 11 is 0. The summed E-state index contributed by atoms with van der Waals surface area (Å²) in [6, 6.07) is 15.9. The maximum absolute atomic E-state index is 14.1. The van der Waals surface area contributed by atoms with Gasteiger partial charge in [0.25, 0.3) is 0 Å². The Hall–Kier alpha value is -3.52. The Balaban J connectivity index is 1.48. The minimum absolute atomic E-state index is 0.0475. The molecule has 172 valence electrons. The fourth-order valence-electron chi connectivity index (χ4n) is 4.08. The molecule has 3 aromatic rings. The Labute approximate surface area is 191 Å². The molecule has 0 bridgehead atoms. The molecule has 33 heavy (non-hydrogen) atoms. The van der Waals surface area contributed by atoms with Crippen molar-refractivity contribution in [1.29, 1.82) is 0 Å². The van der Waals surface area contributed by atoms with E-state index in [1.807, 2.05) is 30.3 Å². The van der Waals surface area contributed by atoms with E-state index < -0.39 is 23.5 Å². The van der Waals surface area contributed by atoms with Gasteiger partial charge in [-0.25, -0.2) is 13.8 Å². The van der Waals surface area contributed by atoms with Crippen molar-refractivity contribution in [3.05, 3.63) is 89.1 Å². The summed E-state index contributed by atoms with van der Waals surface area (Å²) in [4.78, 5) is 15.4. The monoisotopic (exact) mass is 452 g/mol. The second-order valence-electron chi connectivity index (χ2n) is 8.19. The molecule has 6 nitrogen and oxygen atoms in total. The molecule has 0 radical (unpaired) electrons. The van der Waals surface area contributed by atoms with E-state index in [4.69, 9.17) is 0 Å². The molecule has 0 unspecified atom stereocenters. The first kappa shape index (κ1) is 22.7. The highest BCUT2D eigenvalue weighted by Gasteiger charge is 2.27. The number of carbonyl (C=O) groups is 1. The van der Waals surface area contributed by atoms with Crippen LogP contribution < -0.4 is 16.0 Å². The number of fused-ring (bicyclic) bond motifs is 1. The number of pyridine rings is 1. The smallest absolute Gasteiger partial charge is 0.310 e. The van der Waals surface area contributed by atoms with E-state index in [9.17, 15) is 18.7 Å². The SMILES string of the molecule is C[C@H](C(=O)O)c1cc(CCN[C@H](c2ccccc2)[C@H]2CNc3cc(F)cnc3N2)ccc1F. The number of rotatable bonds is 8. The van der Waals surface area contributed by atoms with Gasteiger partial charge in [0, 0.05) is 18.2 Å². The average molecular weight is 453 g/mol. The minimum Gasteiger partial charge on any atom is -0.481 e. The zero-order chi connectivity index (χ0) is 23.4. The highest BCUT2D eigenvalue weighted by atomic mass is 19.1. The molecule has 1 aromatic heterocycles. The van der Waals surface area contributed by atoms with Gasteiger partial charge in [-0.15, -0.1) is 0 Å². The molecule has 0 fully saturated rings. The van der Waals surface area contributed by atoms with Gasteiger partial charge in [-0.2, -0.15) is 0 Å². The fraction of sp³-hybridized carbons (Fsp3) is 0.280. The highest BCUT2D eigenvalue weighted by Crippen LogP contribution is 2.29. The third kappa shape index (κ3) is 5.28. The molecule has 3 atom stereocenters. The van der Waals surface area contributed by atoms with E-state index in [2.05, 4.69) is 20.9 Å². The number of carboxylic acids is 1. The van der Waals surface area contributed by atoms with Crippen LogP contribution in [0.15, 0.2) is 60.8 Å². The lowest BCUT2D eigenvalue weighted by Crippen LogP contribution is -2.44. The number of anilines is 2. The van der Waals surface area contributed by atoms with E-state index in [0.29, 0.717) is 31.0 Å². The van der Waals surface area contributed by atoms with E-state index in [-0.39, 0.29) is 17.6 Å². The number of aromatic nitrogens is 1. The molecule has 0 saturated carbocycles. The number of nitrogens with one attached hydrogen (secondary N) is 3.